The van der Waals surface area contributed by atoms with Gasteiger partial charge in [0.25, 0.3) is 4.67 Å². The second kappa shape index (κ2) is 5.16. The third-order valence-corrected chi connectivity index (χ3v) is 6.78. The van der Waals surface area contributed by atoms with Crippen LogP contribution in [0.2, 0.25) is 0 Å². The first kappa shape index (κ1) is 16.0. The molecule has 0 radical (unpaired) electrons. The van der Waals surface area contributed by atoms with E-state index in [0.717, 1.165) is 12.8 Å². The number of likely N-dealkylation sites (tertiary alicyclic amines) is 1. The van der Waals surface area contributed by atoms with Gasteiger partial charge in [0.15, 0.2) is 0 Å². The first-order valence-corrected chi connectivity index (χ1v) is 8.49. The van der Waals surface area contributed by atoms with Crippen LogP contribution in [0.5, 0.6) is 0 Å². The molecule has 10 heteroatoms. The van der Waals surface area contributed by atoms with Crippen LogP contribution in [0.4, 0.5) is 0 Å². The molecule has 1 heterocycles. The van der Waals surface area contributed by atoms with E-state index in [1.54, 1.807) is 11.9 Å². The Kier molecular flexibility index (Phi) is 4.60. The lowest BCUT2D eigenvalue weighted by Crippen LogP contribution is -2.47. The molecule has 0 spiro atoms. The highest BCUT2D eigenvalue weighted by molar-refractivity contribution is 7.94. The predicted octanol–water partition coefficient (Wildman–Crippen LogP) is -0.428. The van der Waals surface area contributed by atoms with Crippen molar-refractivity contribution < 1.29 is 32.4 Å². The average molecular weight is 303 g/mol. The van der Waals surface area contributed by atoms with Crippen molar-refractivity contribution in [2.45, 2.75) is 36.4 Å². The van der Waals surface area contributed by atoms with Gasteiger partial charge in [-0.3, -0.25) is 9.12 Å². The van der Waals surface area contributed by atoms with E-state index in [-0.39, 0.29) is 0 Å². The molecule has 0 aromatic rings. The topological polar surface area (TPSA) is 135 Å². The average Bonchev–Trinajstić information content (AvgIpc) is 2.18. The van der Waals surface area contributed by atoms with Crippen LogP contribution in [0.1, 0.15) is 25.7 Å². The minimum absolute atomic E-state index is 0.502. The summed E-state index contributed by atoms with van der Waals surface area (Å²) in [4.78, 5) is 19.7. The summed E-state index contributed by atoms with van der Waals surface area (Å²) in [6, 6.07) is -0.502. The highest BCUT2D eigenvalue weighted by Crippen LogP contribution is 2.54. The molecule has 1 aliphatic rings. The summed E-state index contributed by atoms with van der Waals surface area (Å²) < 4.78 is 38.8. The fourth-order valence-electron chi connectivity index (χ4n) is 2.08. The fourth-order valence-corrected chi connectivity index (χ4v) is 4.14. The smallest absolute Gasteiger partial charge is 0.363 e. The number of hydrogen-bond acceptors (Lipinski definition) is 5. The molecule has 2 atom stereocenters. The summed E-state index contributed by atoms with van der Waals surface area (Å²) in [5, 5.41) is 9.73. The summed E-state index contributed by atoms with van der Waals surface area (Å²) in [6.45, 7) is 0.646. The van der Waals surface area contributed by atoms with Gasteiger partial charge in [0.05, 0.1) is 0 Å². The van der Waals surface area contributed by atoms with E-state index in [9.17, 15) is 18.1 Å². The highest BCUT2D eigenvalue weighted by Gasteiger charge is 2.57. The van der Waals surface area contributed by atoms with Crippen molar-refractivity contribution in [3.05, 3.63) is 0 Å². The zero-order chi connectivity index (χ0) is 14.2. The number of rotatable bonds is 4. The van der Waals surface area contributed by atoms with Crippen LogP contribution < -0.4 is 0 Å². The minimum Gasteiger partial charge on any atom is -0.363 e. The van der Waals surface area contributed by atoms with E-state index in [4.69, 9.17) is 14.3 Å². The molecule has 0 aliphatic carbocycles. The maximum atomic E-state index is 11.2. The lowest BCUT2D eigenvalue weighted by molar-refractivity contribution is 0.0874. The Morgan fingerprint density at radius 1 is 1.39 bits per heavy atom. The predicted molar refractivity (Wildman–Crippen MR) is 63.4 cm³/mol. The van der Waals surface area contributed by atoms with Crippen LogP contribution in [-0.2, 0) is 14.7 Å². The number of aliphatic hydroxyl groups is 1. The molecule has 1 fully saturated rings. The van der Waals surface area contributed by atoms with Crippen LogP contribution in [0.3, 0.4) is 0 Å². The van der Waals surface area contributed by atoms with Gasteiger partial charge >= 0.3 is 17.7 Å². The third kappa shape index (κ3) is 3.11. The van der Waals surface area contributed by atoms with Gasteiger partial charge in [-0.15, -0.1) is 0 Å². The number of nitrogens with zero attached hydrogens (tertiary/aromatic N) is 1. The van der Waals surface area contributed by atoms with Gasteiger partial charge in [0.1, 0.15) is 0 Å². The standard InChI is InChI=1S/C8H18NO7PS/c1-9-5-3-2-4-7(9)6-8(10,17(11,12)13)18(14,15)16/h7,10H,2-6H2,1H3,(H2,11,12,13)(H,14,15,16). The minimum atomic E-state index is -5.41. The van der Waals surface area contributed by atoms with Crippen LogP contribution in [0.15, 0.2) is 0 Å². The van der Waals surface area contributed by atoms with Gasteiger partial charge in [-0.05, 0) is 26.4 Å². The molecule has 1 aliphatic heterocycles. The lowest BCUT2D eigenvalue weighted by Gasteiger charge is -2.37. The monoisotopic (exact) mass is 303 g/mol. The van der Waals surface area contributed by atoms with Crippen molar-refractivity contribution in [1.82, 2.24) is 4.90 Å². The fraction of sp³-hybridized carbons (Fsp3) is 1.00. The summed E-state index contributed by atoms with van der Waals surface area (Å²) in [5.74, 6) is 0. The molecule has 0 aromatic heterocycles. The summed E-state index contributed by atoms with van der Waals surface area (Å²) in [7, 11) is -9.02. The Hall–Kier alpha value is -0.0200. The van der Waals surface area contributed by atoms with E-state index in [1.165, 1.54) is 0 Å². The SMILES string of the molecule is CN1CCCCC1CC(O)(P(=O)(O)O)S(=O)(=O)O. The first-order valence-electron chi connectivity index (χ1n) is 5.44. The molecular weight excluding hydrogens is 285 g/mol. The van der Waals surface area contributed by atoms with Crippen molar-refractivity contribution in [3.8, 4) is 0 Å². The first-order chi connectivity index (χ1) is 7.99. The normalized spacial score (nSPS) is 26.8. The van der Waals surface area contributed by atoms with Crippen molar-refractivity contribution in [2.75, 3.05) is 13.6 Å². The molecule has 1 rings (SSSR count). The third-order valence-electron chi connectivity index (χ3n) is 3.29. The van der Waals surface area contributed by atoms with E-state index in [2.05, 4.69) is 0 Å². The molecule has 108 valence electrons. The van der Waals surface area contributed by atoms with Crippen LogP contribution >= 0.6 is 7.60 Å². The van der Waals surface area contributed by atoms with E-state index < -0.39 is 34.9 Å². The molecule has 4 N–H and O–H groups in total. The number of hydrogen-bond donors (Lipinski definition) is 4. The molecule has 2 unspecified atom stereocenters. The Labute approximate surface area is 106 Å². The zero-order valence-corrected chi connectivity index (χ0v) is 11.6. The maximum Gasteiger partial charge on any atom is 0.375 e. The summed E-state index contributed by atoms with van der Waals surface area (Å²) in [5.41, 5.74) is 0. The highest BCUT2D eigenvalue weighted by atomic mass is 32.2. The second-order valence-electron chi connectivity index (χ2n) is 4.60. The van der Waals surface area contributed by atoms with Gasteiger partial charge in [0.2, 0.25) is 0 Å². The van der Waals surface area contributed by atoms with Crippen molar-refractivity contribution in [1.29, 1.82) is 0 Å². The van der Waals surface area contributed by atoms with Gasteiger partial charge in [-0.1, -0.05) is 6.42 Å². The van der Waals surface area contributed by atoms with E-state index in [1.807, 2.05) is 0 Å². The quantitative estimate of drug-likeness (QED) is 0.406. The van der Waals surface area contributed by atoms with E-state index in [0.29, 0.717) is 13.0 Å². The molecule has 0 amide bonds. The van der Waals surface area contributed by atoms with E-state index >= 15 is 0 Å². The van der Waals surface area contributed by atoms with Gasteiger partial charge in [0, 0.05) is 12.5 Å². The van der Waals surface area contributed by atoms with Gasteiger partial charge in [-0.25, -0.2) is 0 Å². The molecule has 0 aromatic carbocycles. The zero-order valence-electron chi connectivity index (χ0n) is 9.93. The Bertz CT molecular complexity index is 446. The summed E-state index contributed by atoms with van der Waals surface area (Å²) >= 11 is 0. The molecule has 8 nitrogen and oxygen atoms in total. The molecule has 0 bridgehead atoms. The van der Waals surface area contributed by atoms with Crippen LogP contribution in [-0.4, -0.2) is 57.1 Å². The maximum absolute atomic E-state index is 11.2. The lowest BCUT2D eigenvalue weighted by atomic mass is 10.0. The van der Waals surface area contributed by atoms with Crippen molar-refractivity contribution in [3.63, 3.8) is 0 Å². The van der Waals surface area contributed by atoms with Gasteiger partial charge in [-0.2, -0.15) is 8.42 Å². The Balaban J connectivity index is 3.04. The summed E-state index contributed by atoms with van der Waals surface area (Å²) in [6.07, 6.45) is 1.46. The Morgan fingerprint density at radius 3 is 2.33 bits per heavy atom. The second-order valence-corrected chi connectivity index (χ2v) is 8.35. The van der Waals surface area contributed by atoms with Gasteiger partial charge < -0.3 is 19.8 Å². The van der Waals surface area contributed by atoms with Crippen LogP contribution in [0.25, 0.3) is 0 Å². The molecular formula is C8H18NO7PS. The van der Waals surface area contributed by atoms with Crippen molar-refractivity contribution >= 4 is 17.7 Å². The number of piperidine rings is 1. The Morgan fingerprint density at radius 2 is 1.94 bits per heavy atom. The molecule has 18 heavy (non-hydrogen) atoms. The molecule has 0 saturated carbocycles. The molecule has 1 saturated heterocycles. The van der Waals surface area contributed by atoms with Crippen LogP contribution in [0, 0.1) is 0 Å². The van der Waals surface area contributed by atoms with Crippen molar-refractivity contribution in [2.24, 2.45) is 0 Å². The largest absolute Gasteiger partial charge is 0.375 e.